The van der Waals surface area contributed by atoms with Gasteiger partial charge >= 0.3 is 0 Å². The van der Waals surface area contributed by atoms with Crippen molar-refractivity contribution in [3.05, 3.63) is 30.0 Å². The zero-order valence-corrected chi connectivity index (χ0v) is 10.4. The topological polar surface area (TPSA) is 30.2 Å². The van der Waals surface area contributed by atoms with Crippen LogP contribution in [-0.4, -0.2) is 26.1 Å². The minimum absolute atomic E-state index is 0.161. The highest BCUT2D eigenvalue weighted by Gasteiger charge is 2.57. The number of thioether (sulfide) groups is 1. The molecule has 2 unspecified atom stereocenters. The molecule has 17 heavy (non-hydrogen) atoms. The van der Waals surface area contributed by atoms with Crippen LogP contribution in [0.25, 0.3) is 10.9 Å². The van der Waals surface area contributed by atoms with Crippen molar-refractivity contribution in [2.45, 2.75) is 30.7 Å². The molecule has 2 heterocycles. The second-order valence-corrected chi connectivity index (χ2v) is 6.08. The van der Waals surface area contributed by atoms with E-state index in [1.807, 2.05) is 23.5 Å². The molecule has 0 radical (unpaired) electrons. The van der Waals surface area contributed by atoms with Crippen LogP contribution >= 0.6 is 11.8 Å². The van der Waals surface area contributed by atoms with Gasteiger partial charge in [-0.25, -0.2) is 0 Å². The standard InChI is InChI=1S/C13H13N3S/c1-9-2-3-11-10(4-9)6-15-16(11)7-13-5-12(13)17-8-14-13/h2-4,6,8,12H,5,7H2,1H3. The quantitative estimate of drug-likeness (QED) is 0.811. The highest BCUT2D eigenvalue weighted by atomic mass is 32.2. The van der Waals surface area contributed by atoms with Crippen LogP contribution in [-0.2, 0) is 6.54 Å². The van der Waals surface area contributed by atoms with Gasteiger partial charge in [-0.05, 0) is 25.5 Å². The van der Waals surface area contributed by atoms with Crippen molar-refractivity contribution in [2.24, 2.45) is 4.99 Å². The monoisotopic (exact) mass is 243 g/mol. The second kappa shape index (κ2) is 3.13. The van der Waals surface area contributed by atoms with E-state index in [9.17, 15) is 0 Å². The molecule has 0 saturated heterocycles. The van der Waals surface area contributed by atoms with Crippen LogP contribution in [0.3, 0.4) is 0 Å². The third-order valence-electron chi connectivity index (χ3n) is 3.73. The third-order valence-corrected chi connectivity index (χ3v) is 4.89. The summed E-state index contributed by atoms with van der Waals surface area (Å²) in [5, 5.41) is 6.44. The molecule has 1 aromatic heterocycles. The lowest BCUT2D eigenvalue weighted by Crippen LogP contribution is -2.17. The van der Waals surface area contributed by atoms with E-state index in [4.69, 9.17) is 0 Å². The maximum absolute atomic E-state index is 4.62. The maximum atomic E-state index is 4.62. The molecule has 2 aliphatic rings. The summed E-state index contributed by atoms with van der Waals surface area (Å²) in [7, 11) is 0. The highest BCUT2D eigenvalue weighted by Crippen LogP contribution is 2.53. The second-order valence-electron chi connectivity index (χ2n) is 5.03. The predicted molar refractivity (Wildman–Crippen MR) is 71.7 cm³/mol. The average molecular weight is 243 g/mol. The van der Waals surface area contributed by atoms with Crippen molar-refractivity contribution in [3.8, 4) is 0 Å². The number of aromatic nitrogens is 2. The molecule has 1 aliphatic carbocycles. The Labute approximate surface area is 104 Å². The van der Waals surface area contributed by atoms with Gasteiger partial charge in [0, 0.05) is 10.6 Å². The van der Waals surface area contributed by atoms with Crippen molar-refractivity contribution in [3.63, 3.8) is 0 Å². The molecule has 2 aromatic rings. The lowest BCUT2D eigenvalue weighted by atomic mass is 10.2. The molecule has 86 valence electrons. The molecule has 3 nitrogen and oxygen atoms in total. The number of rotatable bonds is 2. The van der Waals surface area contributed by atoms with Gasteiger partial charge in [-0.15, -0.1) is 11.8 Å². The lowest BCUT2D eigenvalue weighted by molar-refractivity contribution is 0.521. The molecule has 4 heteroatoms. The van der Waals surface area contributed by atoms with E-state index in [2.05, 4.69) is 39.9 Å². The van der Waals surface area contributed by atoms with Crippen LogP contribution in [0.1, 0.15) is 12.0 Å². The van der Waals surface area contributed by atoms with Crippen molar-refractivity contribution in [2.75, 3.05) is 0 Å². The van der Waals surface area contributed by atoms with Gasteiger partial charge in [-0.1, -0.05) is 11.6 Å². The van der Waals surface area contributed by atoms with Crippen molar-refractivity contribution in [1.29, 1.82) is 0 Å². The van der Waals surface area contributed by atoms with Gasteiger partial charge in [0.05, 0.1) is 29.3 Å². The summed E-state index contributed by atoms with van der Waals surface area (Å²) in [6, 6.07) is 6.50. The van der Waals surface area contributed by atoms with E-state index in [1.165, 1.54) is 22.9 Å². The number of aliphatic imine (C=N–C) groups is 1. The molecule has 1 aromatic carbocycles. The van der Waals surface area contributed by atoms with Gasteiger partial charge in [0.15, 0.2) is 0 Å². The van der Waals surface area contributed by atoms with E-state index in [0.29, 0.717) is 5.25 Å². The van der Waals surface area contributed by atoms with Crippen LogP contribution in [0.15, 0.2) is 29.4 Å². The van der Waals surface area contributed by atoms with Crippen LogP contribution < -0.4 is 0 Å². The number of aryl methyl sites for hydroxylation is 1. The zero-order chi connectivity index (χ0) is 11.5. The third kappa shape index (κ3) is 1.37. The normalized spacial score (nSPS) is 29.8. The molecule has 0 spiro atoms. The Kier molecular flexibility index (Phi) is 1.79. The number of nitrogens with zero attached hydrogens (tertiary/aromatic N) is 3. The van der Waals surface area contributed by atoms with Gasteiger partial charge in [0.1, 0.15) is 0 Å². The fourth-order valence-electron chi connectivity index (χ4n) is 2.58. The van der Waals surface area contributed by atoms with Crippen molar-refractivity contribution < 1.29 is 0 Å². The Morgan fingerprint density at radius 3 is 3.24 bits per heavy atom. The van der Waals surface area contributed by atoms with E-state index < -0.39 is 0 Å². The van der Waals surface area contributed by atoms with Gasteiger partial charge < -0.3 is 0 Å². The summed E-state index contributed by atoms with van der Waals surface area (Å²) >= 11 is 1.87. The molecule has 0 N–H and O–H groups in total. The first kappa shape index (κ1) is 9.71. The van der Waals surface area contributed by atoms with Crippen LogP contribution in [0.2, 0.25) is 0 Å². The minimum Gasteiger partial charge on any atom is -0.277 e. The Hall–Kier alpha value is -1.29. The van der Waals surface area contributed by atoms with Crippen LogP contribution in [0.5, 0.6) is 0 Å². The molecule has 0 amide bonds. The van der Waals surface area contributed by atoms with Gasteiger partial charge in [-0.2, -0.15) is 5.10 Å². The fourth-order valence-corrected chi connectivity index (χ4v) is 3.77. The minimum atomic E-state index is 0.161. The number of fused-ring (bicyclic) bond motifs is 2. The highest BCUT2D eigenvalue weighted by molar-refractivity contribution is 8.13. The van der Waals surface area contributed by atoms with Crippen molar-refractivity contribution in [1.82, 2.24) is 9.78 Å². The summed E-state index contributed by atoms with van der Waals surface area (Å²) in [6.45, 7) is 3.04. The molecule has 4 rings (SSSR count). The molecule has 2 atom stereocenters. The number of hydrogen-bond acceptors (Lipinski definition) is 3. The van der Waals surface area contributed by atoms with E-state index in [1.54, 1.807) is 0 Å². The molecular formula is C13H13N3S. The fraction of sp³-hybridized carbons (Fsp3) is 0.385. The molecular weight excluding hydrogens is 230 g/mol. The van der Waals surface area contributed by atoms with E-state index >= 15 is 0 Å². The largest absolute Gasteiger partial charge is 0.277 e. The SMILES string of the molecule is Cc1ccc2c(cnn2CC23CC2SC=N3)c1. The van der Waals surface area contributed by atoms with Crippen LogP contribution in [0.4, 0.5) is 0 Å². The summed E-state index contributed by atoms with van der Waals surface area (Å²) in [5.41, 5.74) is 4.68. The van der Waals surface area contributed by atoms with E-state index in [-0.39, 0.29) is 5.54 Å². The molecule has 0 bridgehead atoms. The lowest BCUT2D eigenvalue weighted by Gasteiger charge is -2.09. The zero-order valence-electron chi connectivity index (χ0n) is 9.63. The smallest absolute Gasteiger partial charge is 0.0943 e. The molecule has 1 fully saturated rings. The summed E-state index contributed by atoms with van der Waals surface area (Å²) in [4.78, 5) is 4.62. The Bertz CT molecular complexity index is 631. The Morgan fingerprint density at radius 2 is 2.47 bits per heavy atom. The molecule has 1 saturated carbocycles. The summed E-state index contributed by atoms with van der Waals surface area (Å²) < 4.78 is 2.11. The van der Waals surface area contributed by atoms with Gasteiger partial charge in [0.25, 0.3) is 0 Å². The molecule has 1 aliphatic heterocycles. The van der Waals surface area contributed by atoms with Crippen molar-refractivity contribution >= 4 is 28.2 Å². The Morgan fingerprint density at radius 1 is 1.53 bits per heavy atom. The van der Waals surface area contributed by atoms with E-state index in [0.717, 1.165) is 6.54 Å². The average Bonchev–Trinajstić information content (AvgIpc) is 2.68. The first-order valence-electron chi connectivity index (χ1n) is 5.88. The van der Waals surface area contributed by atoms with Gasteiger partial charge in [-0.3, -0.25) is 9.67 Å². The maximum Gasteiger partial charge on any atom is 0.0943 e. The van der Waals surface area contributed by atoms with Crippen LogP contribution in [0, 0.1) is 6.92 Å². The first-order chi connectivity index (χ1) is 8.27. The number of hydrogen-bond donors (Lipinski definition) is 0. The Balaban J connectivity index is 1.74. The summed E-state index contributed by atoms with van der Waals surface area (Å²) in [6.07, 6.45) is 3.17. The predicted octanol–water partition coefficient (Wildman–Crippen LogP) is 2.63. The number of benzene rings is 1. The first-order valence-corrected chi connectivity index (χ1v) is 6.82. The summed E-state index contributed by atoms with van der Waals surface area (Å²) in [5.74, 6) is 0. The van der Waals surface area contributed by atoms with Gasteiger partial charge in [0.2, 0.25) is 0 Å².